The largest absolute Gasteiger partial charge is 0.394 e. The van der Waals surface area contributed by atoms with Crippen LogP contribution in [0.1, 0.15) is 20.3 Å². The number of aliphatic hydroxyl groups excluding tert-OH is 1. The molecule has 1 atom stereocenters. The van der Waals surface area contributed by atoms with Gasteiger partial charge in [0.1, 0.15) is 5.82 Å². The molecule has 3 nitrogen and oxygen atoms in total. The van der Waals surface area contributed by atoms with Crippen LogP contribution in [0.3, 0.4) is 0 Å². The third kappa shape index (κ3) is 3.96. The molecule has 2 N–H and O–H groups in total. The SMILES string of the molecule is CCN(CCC(C)(CO)NC)c1cccc(F)c1. The number of nitrogens with one attached hydrogen (secondary N) is 1. The minimum Gasteiger partial charge on any atom is -0.394 e. The number of rotatable bonds is 7. The van der Waals surface area contributed by atoms with Crippen LogP contribution >= 0.6 is 0 Å². The normalized spacial score (nSPS) is 14.3. The lowest BCUT2D eigenvalue weighted by Crippen LogP contribution is -2.46. The van der Waals surface area contributed by atoms with Gasteiger partial charge >= 0.3 is 0 Å². The fourth-order valence-electron chi connectivity index (χ4n) is 1.81. The fraction of sp³-hybridized carbons (Fsp3) is 0.571. The van der Waals surface area contributed by atoms with E-state index in [9.17, 15) is 9.50 Å². The first-order valence-electron chi connectivity index (χ1n) is 6.35. The third-order valence-corrected chi connectivity index (χ3v) is 3.44. The fourth-order valence-corrected chi connectivity index (χ4v) is 1.81. The lowest BCUT2D eigenvalue weighted by Gasteiger charge is -2.31. The van der Waals surface area contributed by atoms with Gasteiger partial charge in [-0.3, -0.25) is 0 Å². The van der Waals surface area contributed by atoms with Gasteiger partial charge in [-0.2, -0.15) is 0 Å². The molecule has 0 bridgehead atoms. The lowest BCUT2D eigenvalue weighted by molar-refractivity contribution is 0.175. The summed E-state index contributed by atoms with van der Waals surface area (Å²) in [5, 5.41) is 12.5. The molecule has 1 aromatic rings. The summed E-state index contributed by atoms with van der Waals surface area (Å²) < 4.78 is 13.2. The molecule has 1 aromatic carbocycles. The van der Waals surface area contributed by atoms with Gasteiger partial charge in [-0.15, -0.1) is 0 Å². The van der Waals surface area contributed by atoms with Crippen molar-refractivity contribution in [3.05, 3.63) is 30.1 Å². The van der Waals surface area contributed by atoms with Crippen LogP contribution in [0.2, 0.25) is 0 Å². The first kappa shape index (κ1) is 14.9. The molecular formula is C14H23FN2O. The molecule has 0 aliphatic heterocycles. The van der Waals surface area contributed by atoms with E-state index >= 15 is 0 Å². The van der Waals surface area contributed by atoms with Crippen molar-refractivity contribution in [1.82, 2.24) is 5.32 Å². The predicted molar refractivity (Wildman–Crippen MR) is 73.5 cm³/mol. The quantitative estimate of drug-likeness (QED) is 0.781. The van der Waals surface area contributed by atoms with E-state index in [1.165, 1.54) is 6.07 Å². The highest BCUT2D eigenvalue weighted by Crippen LogP contribution is 2.18. The summed E-state index contributed by atoms with van der Waals surface area (Å²) in [6, 6.07) is 6.61. The van der Waals surface area contributed by atoms with Gasteiger partial charge in [-0.05, 0) is 45.5 Å². The zero-order chi connectivity index (χ0) is 13.6. The Balaban J connectivity index is 2.68. The highest BCUT2D eigenvalue weighted by Gasteiger charge is 2.21. The third-order valence-electron chi connectivity index (χ3n) is 3.44. The topological polar surface area (TPSA) is 35.5 Å². The van der Waals surface area contributed by atoms with E-state index in [2.05, 4.69) is 10.2 Å². The molecular weight excluding hydrogens is 231 g/mol. The number of nitrogens with zero attached hydrogens (tertiary/aromatic N) is 1. The predicted octanol–water partition coefficient (Wildman–Crippen LogP) is 2.01. The number of halogens is 1. The molecule has 0 aromatic heterocycles. The first-order chi connectivity index (χ1) is 8.54. The second kappa shape index (κ2) is 6.71. The number of hydrogen-bond acceptors (Lipinski definition) is 3. The maximum absolute atomic E-state index is 13.2. The van der Waals surface area contributed by atoms with Crippen LogP contribution in [-0.4, -0.2) is 37.4 Å². The molecule has 1 rings (SSSR count). The van der Waals surface area contributed by atoms with Gasteiger partial charge in [0.25, 0.3) is 0 Å². The molecule has 102 valence electrons. The second-order valence-electron chi connectivity index (χ2n) is 4.78. The van der Waals surface area contributed by atoms with Crippen molar-refractivity contribution in [2.24, 2.45) is 0 Å². The molecule has 4 heteroatoms. The van der Waals surface area contributed by atoms with Crippen LogP contribution in [0.4, 0.5) is 10.1 Å². The van der Waals surface area contributed by atoms with Crippen molar-refractivity contribution in [3.63, 3.8) is 0 Å². The summed E-state index contributed by atoms with van der Waals surface area (Å²) in [5.41, 5.74) is 0.592. The zero-order valence-electron chi connectivity index (χ0n) is 11.4. The van der Waals surface area contributed by atoms with Gasteiger partial charge in [-0.1, -0.05) is 6.07 Å². The minimum absolute atomic E-state index is 0.0875. The van der Waals surface area contributed by atoms with Gasteiger partial charge in [0.2, 0.25) is 0 Å². The average Bonchev–Trinajstić information content (AvgIpc) is 2.39. The van der Waals surface area contributed by atoms with Crippen LogP contribution in [0, 0.1) is 5.82 Å². The highest BCUT2D eigenvalue weighted by atomic mass is 19.1. The molecule has 0 spiro atoms. The maximum Gasteiger partial charge on any atom is 0.125 e. The Hall–Kier alpha value is -1.13. The van der Waals surface area contributed by atoms with Gasteiger partial charge in [0.05, 0.1) is 6.61 Å². The summed E-state index contributed by atoms with van der Waals surface area (Å²) in [5.74, 6) is -0.218. The monoisotopic (exact) mass is 254 g/mol. The van der Waals surface area contributed by atoms with Gasteiger partial charge in [0, 0.05) is 24.3 Å². The first-order valence-corrected chi connectivity index (χ1v) is 6.35. The van der Waals surface area contributed by atoms with Crippen LogP contribution < -0.4 is 10.2 Å². The van der Waals surface area contributed by atoms with Crippen LogP contribution in [-0.2, 0) is 0 Å². The Labute approximate surface area is 109 Å². The van der Waals surface area contributed by atoms with E-state index in [1.807, 2.05) is 27.0 Å². The van der Waals surface area contributed by atoms with Crippen molar-refractivity contribution in [3.8, 4) is 0 Å². The molecule has 0 heterocycles. The molecule has 0 saturated carbocycles. The Morgan fingerprint density at radius 2 is 2.17 bits per heavy atom. The van der Waals surface area contributed by atoms with E-state index in [1.54, 1.807) is 12.1 Å². The lowest BCUT2D eigenvalue weighted by atomic mass is 9.99. The Morgan fingerprint density at radius 1 is 1.44 bits per heavy atom. The average molecular weight is 254 g/mol. The number of likely N-dealkylation sites (N-methyl/N-ethyl adjacent to an activating group) is 1. The number of anilines is 1. The molecule has 0 aliphatic carbocycles. The van der Waals surface area contributed by atoms with Crippen LogP contribution in [0.5, 0.6) is 0 Å². The molecule has 18 heavy (non-hydrogen) atoms. The number of aliphatic hydroxyl groups is 1. The smallest absolute Gasteiger partial charge is 0.125 e. The van der Waals surface area contributed by atoms with Gasteiger partial charge in [0.15, 0.2) is 0 Å². The van der Waals surface area contributed by atoms with Crippen molar-refractivity contribution in [2.75, 3.05) is 31.6 Å². The second-order valence-corrected chi connectivity index (χ2v) is 4.78. The molecule has 0 saturated heterocycles. The maximum atomic E-state index is 13.2. The highest BCUT2D eigenvalue weighted by molar-refractivity contribution is 5.46. The summed E-state index contributed by atoms with van der Waals surface area (Å²) >= 11 is 0. The van der Waals surface area contributed by atoms with E-state index in [4.69, 9.17) is 0 Å². The van der Waals surface area contributed by atoms with Gasteiger partial charge < -0.3 is 15.3 Å². The molecule has 0 amide bonds. The Morgan fingerprint density at radius 3 is 2.67 bits per heavy atom. The van der Waals surface area contributed by atoms with Crippen molar-refractivity contribution >= 4 is 5.69 Å². The van der Waals surface area contributed by atoms with Crippen LogP contribution in [0.25, 0.3) is 0 Å². The molecule has 1 unspecified atom stereocenters. The van der Waals surface area contributed by atoms with E-state index in [-0.39, 0.29) is 18.0 Å². The summed E-state index contributed by atoms with van der Waals surface area (Å²) in [6.45, 7) is 5.70. The Kier molecular flexibility index (Phi) is 5.56. The van der Waals surface area contributed by atoms with Crippen molar-refractivity contribution in [2.45, 2.75) is 25.8 Å². The molecule has 0 radical (unpaired) electrons. The Bertz CT molecular complexity index is 367. The minimum atomic E-state index is -0.291. The van der Waals surface area contributed by atoms with Crippen LogP contribution in [0.15, 0.2) is 24.3 Å². The summed E-state index contributed by atoms with van der Waals surface area (Å²) in [4.78, 5) is 2.11. The standard InChI is InChI=1S/C14H23FN2O/c1-4-17(9-8-14(2,11-18)16-3)13-7-5-6-12(15)10-13/h5-7,10,16,18H,4,8-9,11H2,1-3H3. The van der Waals surface area contributed by atoms with E-state index in [0.29, 0.717) is 0 Å². The number of hydrogen-bond donors (Lipinski definition) is 2. The van der Waals surface area contributed by atoms with E-state index < -0.39 is 0 Å². The summed E-state index contributed by atoms with van der Waals surface area (Å²) in [6.07, 6.45) is 0.796. The van der Waals surface area contributed by atoms with Crippen molar-refractivity contribution in [1.29, 1.82) is 0 Å². The van der Waals surface area contributed by atoms with E-state index in [0.717, 1.165) is 25.2 Å². The summed E-state index contributed by atoms with van der Waals surface area (Å²) in [7, 11) is 1.84. The zero-order valence-corrected chi connectivity index (χ0v) is 11.4. The van der Waals surface area contributed by atoms with Crippen molar-refractivity contribution < 1.29 is 9.50 Å². The molecule has 0 fully saturated rings. The molecule has 0 aliphatic rings. The number of benzene rings is 1. The van der Waals surface area contributed by atoms with Gasteiger partial charge in [-0.25, -0.2) is 4.39 Å².